The summed E-state index contributed by atoms with van der Waals surface area (Å²) >= 11 is 0. The Morgan fingerprint density at radius 1 is 1.35 bits per heavy atom. The number of hydrogen-bond donors (Lipinski definition) is 0. The molecule has 1 fully saturated rings. The Balaban J connectivity index is 2.31. The molecule has 138 valence electrons. The van der Waals surface area contributed by atoms with Crippen LogP contribution >= 0.6 is 0 Å². The van der Waals surface area contributed by atoms with E-state index in [1.54, 1.807) is 65.0 Å². The zero-order valence-corrected chi connectivity index (χ0v) is 15.7. The molecule has 1 saturated heterocycles. The summed E-state index contributed by atoms with van der Waals surface area (Å²) < 4.78 is 25.3. The summed E-state index contributed by atoms with van der Waals surface area (Å²) in [7, 11) is 0. The minimum atomic E-state index is -1.01. The second-order valence-corrected chi connectivity index (χ2v) is 7.54. The fourth-order valence-corrected chi connectivity index (χ4v) is 2.94. The van der Waals surface area contributed by atoms with Crippen molar-refractivity contribution in [1.29, 1.82) is 5.26 Å². The van der Waals surface area contributed by atoms with E-state index in [4.69, 9.17) is 14.7 Å². The van der Waals surface area contributed by atoms with E-state index < -0.39 is 36.2 Å². The Kier molecular flexibility index (Phi) is 5.59. The van der Waals surface area contributed by atoms with Crippen LogP contribution < -0.4 is 0 Å². The lowest BCUT2D eigenvalue weighted by atomic mass is 10.0. The van der Waals surface area contributed by atoms with Crippen LogP contribution in [-0.2, 0) is 9.47 Å². The fraction of sp³-hybridized carbons (Fsp3) is 0.500. The van der Waals surface area contributed by atoms with Gasteiger partial charge in [-0.25, -0.2) is 9.18 Å². The van der Waals surface area contributed by atoms with Crippen molar-refractivity contribution in [2.45, 2.75) is 58.1 Å². The first-order valence-electron chi connectivity index (χ1n) is 8.35. The Hall–Kier alpha value is -2.57. The number of nitriles is 1. The van der Waals surface area contributed by atoms with Crippen LogP contribution in [-0.4, -0.2) is 35.0 Å². The first kappa shape index (κ1) is 19.8. The van der Waals surface area contributed by atoms with Crippen molar-refractivity contribution in [1.82, 2.24) is 4.90 Å². The summed E-state index contributed by atoms with van der Waals surface area (Å²) in [6.45, 7) is 7.95. The van der Waals surface area contributed by atoms with Crippen molar-refractivity contribution in [2.24, 2.45) is 0 Å². The highest BCUT2D eigenvalue weighted by Gasteiger charge is 2.51. The molecule has 0 saturated carbocycles. The maximum Gasteiger partial charge on any atom is 0.413 e. The van der Waals surface area contributed by atoms with Gasteiger partial charge in [-0.3, -0.25) is 4.90 Å². The number of rotatable bonds is 2. The number of hydrogen-bond acceptors (Lipinski definition) is 4. The SMILES string of the molecule is CC(C)(C)OC(=O)N1[C@H](CF)[C@@H](c2ccc(C#CC#N)cc2)OC1(C)C. The van der Waals surface area contributed by atoms with Gasteiger partial charge in [-0.15, -0.1) is 0 Å². The number of amides is 1. The number of carbonyl (C=O) groups excluding carboxylic acids is 1. The minimum Gasteiger partial charge on any atom is -0.444 e. The van der Waals surface area contributed by atoms with Crippen molar-refractivity contribution < 1.29 is 18.7 Å². The fourth-order valence-electron chi connectivity index (χ4n) is 2.94. The van der Waals surface area contributed by atoms with Crippen LogP contribution in [0, 0.1) is 23.2 Å². The highest BCUT2D eigenvalue weighted by molar-refractivity contribution is 5.70. The van der Waals surface area contributed by atoms with Gasteiger partial charge >= 0.3 is 6.09 Å². The van der Waals surface area contributed by atoms with Gasteiger partial charge in [0.25, 0.3) is 0 Å². The van der Waals surface area contributed by atoms with Crippen LogP contribution in [0.25, 0.3) is 0 Å². The van der Waals surface area contributed by atoms with E-state index >= 15 is 0 Å². The van der Waals surface area contributed by atoms with Crippen molar-refractivity contribution >= 4 is 6.09 Å². The van der Waals surface area contributed by atoms with E-state index in [2.05, 4.69) is 11.8 Å². The molecule has 2 rings (SSSR count). The normalized spacial score (nSPS) is 21.5. The van der Waals surface area contributed by atoms with Crippen LogP contribution in [0.1, 0.15) is 51.8 Å². The van der Waals surface area contributed by atoms with Gasteiger partial charge in [-0.05, 0) is 52.3 Å². The molecule has 1 aliphatic heterocycles. The highest BCUT2D eigenvalue weighted by Crippen LogP contribution is 2.42. The number of alkyl halides is 1. The quantitative estimate of drug-likeness (QED) is 0.751. The highest BCUT2D eigenvalue weighted by atomic mass is 19.1. The van der Waals surface area contributed by atoms with Gasteiger partial charge in [0.15, 0.2) is 6.07 Å². The largest absolute Gasteiger partial charge is 0.444 e. The maximum atomic E-state index is 13.9. The van der Waals surface area contributed by atoms with E-state index in [0.29, 0.717) is 5.56 Å². The lowest BCUT2D eigenvalue weighted by Crippen LogP contribution is -2.50. The maximum absolute atomic E-state index is 13.9. The molecule has 1 aromatic rings. The third-order valence-electron chi connectivity index (χ3n) is 3.93. The molecule has 0 N–H and O–H groups in total. The Bertz CT molecular complexity index is 763. The van der Waals surface area contributed by atoms with Crippen molar-refractivity contribution in [3.05, 3.63) is 35.4 Å². The van der Waals surface area contributed by atoms with Crippen molar-refractivity contribution in [3.8, 4) is 17.9 Å². The summed E-state index contributed by atoms with van der Waals surface area (Å²) in [5, 5.41) is 8.51. The van der Waals surface area contributed by atoms with Gasteiger partial charge in [-0.1, -0.05) is 18.1 Å². The van der Waals surface area contributed by atoms with Crippen LogP contribution in [0.3, 0.4) is 0 Å². The summed E-state index contributed by atoms with van der Waals surface area (Å²) in [4.78, 5) is 13.9. The molecule has 2 atom stereocenters. The lowest BCUT2D eigenvalue weighted by molar-refractivity contribution is -0.0797. The summed E-state index contributed by atoms with van der Waals surface area (Å²) in [5.74, 6) is 5.02. The van der Waals surface area contributed by atoms with Gasteiger partial charge in [0.2, 0.25) is 0 Å². The summed E-state index contributed by atoms with van der Waals surface area (Å²) in [6, 6.07) is 7.97. The molecule has 6 heteroatoms. The first-order valence-corrected chi connectivity index (χ1v) is 8.35. The van der Waals surface area contributed by atoms with Gasteiger partial charge in [-0.2, -0.15) is 5.26 Å². The zero-order valence-electron chi connectivity index (χ0n) is 15.7. The molecule has 0 bridgehead atoms. The molecular formula is C20H23FN2O3. The third-order valence-corrected chi connectivity index (χ3v) is 3.93. The average Bonchev–Trinajstić information content (AvgIpc) is 2.82. The molecule has 1 aliphatic rings. The van der Waals surface area contributed by atoms with E-state index in [9.17, 15) is 9.18 Å². The van der Waals surface area contributed by atoms with Crippen LogP contribution in [0.2, 0.25) is 0 Å². The monoisotopic (exact) mass is 358 g/mol. The second-order valence-electron chi connectivity index (χ2n) is 7.54. The molecule has 1 amide bonds. The summed E-state index contributed by atoms with van der Waals surface area (Å²) in [5.41, 5.74) is -0.293. The Morgan fingerprint density at radius 3 is 2.46 bits per heavy atom. The van der Waals surface area contributed by atoms with Gasteiger partial charge < -0.3 is 9.47 Å². The molecule has 0 aromatic heterocycles. The molecular weight excluding hydrogens is 335 g/mol. The second kappa shape index (κ2) is 7.35. The van der Waals surface area contributed by atoms with E-state index in [1.165, 1.54) is 4.90 Å². The minimum absolute atomic E-state index is 0.607. The van der Waals surface area contributed by atoms with Gasteiger partial charge in [0, 0.05) is 11.5 Å². The smallest absolute Gasteiger partial charge is 0.413 e. The van der Waals surface area contributed by atoms with Crippen molar-refractivity contribution in [2.75, 3.05) is 6.67 Å². The average molecular weight is 358 g/mol. The van der Waals surface area contributed by atoms with E-state index in [1.807, 2.05) is 0 Å². The van der Waals surface area contributed by atoms with E-state index in [-0.39, 0.29) is 0 Å². The molecule has 0 spiro atoms. The van der Waals surface area contributed by atoms with Crippen LogP contribution in [0.4, 0.5) is 9.18 Å². The standard InChI is InChI=1S/C20H23FN2O3/c1-19(2,3)26-18(24)23-16(13-21)17(25-20(23,4)5)15-10-8-14(9-11-15)7-6-12-22/h8-11,16-17H,13H2,1-5H3/t16-,17-/m1/s1. The predicted molar refractivity (Wildman–Crippen MR) is 94.7 cm³/mol. The molecule has 5 nitrogen and oxygen atoms in total. The molecule has 1 heterocycles. The number of ether oxygens (including phenoxy) is 2. The molecule has 0 unspecified atom stereocenters. The van der Waals surface area contributed by atoms with Gasteiger partial charge in [0.1, 0.15) is 24.1 Å². The topological polar surface area (TPSA) is 62.6 Å². The molecule has 0 aliphatic carbocycles. The number of halogens is 1. The van der Waals surface area contributed by atoms with E-state index in [0.717, 1.165) is 5.56 Å². The number of carbonyl (C=O) groups is 1. The van der Waals surface area contributed by atoms with Crippen LogP contribution in [0.15, 0.2) is 24.3 Å². The lowest BCUT2D eigenvalue weighted by Gasteiger charge is -2.34. The predicted octanol–water partition coefficient (Wildman–Crippen LogP) is 3.94. The molecule has 1 aromatic carbocycles. The Labute approximate surface area is 153 Å². The van der Waals surface area contributed by atoms with Gasteiger partial charge in [0.05, 0.1) is 6.04 Å². The molecule has 0 radical (unpaired) electrons. The third kappa shape index (κ3) is 4.33. The first-order chi connectivity index (χ1) is 12.1. The van der Waals surface area contributed by atoms with Crippen LogP contribution in [0.5, 0.6) is 0 Å². The number of benzene rings is 1. The molecule has 26 heavy (non-hydrogen) atoms. The Morgan fingerprint density at radius 2 is 1.96 bits per heavy atom. The zero-order chi connectivity index (χ0) is 19.5. The number of nitrogens with zero attached hydrogens (tertiary/aromatic N) is 2. The van der Waals surface area contributed by atoms with Crippen molar-refractivity contribution in [3.63, 3.8) is 0 Å². The summed E-state index contributed by atoms with van der Waals surface area (Å²) in [6.07, 6.45) is -1.23.